The molecule has 1 aliphatic carbocycles. The van der Waals surface area contributed by atoms with Crippen LogP contribution in [0.25, 0.3) is 0 Å². The van der Waals surface area contributed by atoms with E-state index in [0.717, 1.165) is 0 Å². The van der Waals surface area contributed by atoms with Crippen molar-refractivity contribution in [3.05, 3.63) is 0 Å². The van der Waals surface area contributed by atoms with Gasteiger partial charge >= 0.3 is 0 Å². The van der Waals surface area contributed by atoms with Crippen LogP contribution in [0.1, 0.15) is 6.42 Å². The molecule has 0 amide bonds. The van der Waals surface area contributed by atoms with Gasteiger partial charge in [-0.15, -0.1) is 11.6 Å². The van der Waals surface area contributed by atoms with Crippen molar-refractivity contribution in [3.8, 4) is 0 Å². The number of hydrogen-bond acceptors (Lipinski definition) is 1. The maximum absolute atomic E-state index is 11.1. The fourth-order valence-electron chi connectivity index (χ4n) is 0.832. The molecule has 1 nitrogen and oxygen atoms in total. The summed E-state index contributed by atoms with van der Waals surface area (Å²) < 4.78 is -3.18. The first-order valence-corrected chi connectivity index (χ1v) is 4.68. The number of carbonyl (C=O) groups is 1. The van der Waals surface area contributed by atoms with Crippen molar-refractivity contribution in [2.24, 2.45) is 0 Å². The Bertz CT molecular complexity index is 199. The highest BCUT2D eigenvalue weighted by atomic mass is 35.5. The lowest BCUT2D eigenvalue weighted by Gasteiger charge is -2.13. The van der Waals surface area contributed by atoms with E-state index in [0.29, 0.717) is 0 Å². The van der Waals surface area contributed by atoms with Crippen LogP contribution in [-0.2, 0) is 4.79 Å². The molecule has 0 aromatic carbocycles. The summed E-state index contributed by atoms with van der Waals surface area (Å²) in [6, 6.07) is 0. The lowest BCUT2D eigenvalue weighted by atomic mass is 10.3. The first-order valence-electron chi connectivity index (χ1n) is 2.73. The van der Waals surface area contributed by atoms with Gasteiger partial charge in [0.15, 0.2) is 8.67 Å². The molecule has 1 fully saturated rings. The number of alkyl halides is 5. The van der Waals surface area contributed by atoms with Gasteiger partial charge in [0, 0.05) is 6.42 Å². The molecule has 1 rings (SSSR count). The van der Waals surface area contributed by atoms with E-state index >= 15 is 0 Å². The minimum atomic E-state index is -1.65. The molecule has 0 bridgehead atoms. The van der Waals surface area contributed by atoms with Gasteiger partial charge in [0.05, 0.1) is 5.38 Å². The largest absolute Gasteiger partial charge is 0.293 e. The smallest absolute Gasteiger partial charge is 0.206 e. The van der Waals surface area contributed by atoms with Gasteiger partial charge in [0.2, 0.25) is 5.78 Å². The number of rotatable bonds is 0. The normalized spacial score (nSPS) is 34.3. The molecule has 0 N–H and O–H groups in total. The predicted molar refractivity (Wildman–Crippen MR) is 48.1 cm³/mol. The van der Waals surface area contributed by atoms with E-state index in [-0.39, 0.29) is 6.42 Å². The molecule has 0 saturated heterocycles. The number of hydrogen-bond donors (Lipinski definition) is 0. The topological polar surface area (TPSA) is 17.1 Å². The molecule has 0 heterocycles. The van der Waals surface area contributed by atoms with E-state index in [2.05, 4.69) is 0 Å². The third-order valence-electron chi connectivity index (χ3n) is 1.46. The Morgan fingerprint density at radius 2 is 1.73 bits per heavy atom. The molecule has 0 spiro atoms. The molecule has 64 valence electrons. The predicted octanol–water partition coefficient (Wildman–Crippen LogP) is 2.91. The van der Waals surface area contributed by atoms with E-state index in [1.54, 1.807) is 0 Å². The standard InChI is InChI=1S/C5H3Cl5O/c6-2-1-4(7,8)3(11)5(2,9)10/h2H,1H2/t2-/m0/s1. The monoisotopic (exact) mass is 254 g/mol. The molecule has 0 radical (unpaired) electrons. The van der Waals surface area contributed by atoms with E-state index < -0.39 is 19.8 Å². The van der Waals surface area contributed by atoms with E-state index in [4.69, 9.17) is 58.0 Å². The second-order valence-electron chi connectivity index (χ2n) is 2.33. The van der Waals surface area contributed by atoms with Crippen LogP contribution < -0.4 is 0 Å². The van der Waals surface area contributed by atoms with Crippen LogP contribution in [0.2, 0.25) is 0 Å². The highest BCUT2D eigenvalue weighted by Gasteiger charge is 2.59. The zero-order chi connectivity index (χ0) is 8.86. The summed E-state index contributed by atoms with van der Waals surface area (Å²) in [5.41, 5.74) is 0. The van der Waals surface area contributed by atoms with Gasteiger partial charge in [-0.05, 0) is 0 Å². The average Bonchev–Trinajstić information content (AvgIpc) is 1.94. The van der Waals surface area contributed by atoms with Gasteiger partial charge in [-0.2, -0.15) is 0 Å². The summed E-state index contributed by atoms with van der Waals surface area (Å²) in [6.45, 7) is 0. The van der Waals surface area contributed by atoms with E-state index in [1.807, 2.05) is 0 Å². The zero-order valence-electron chi connectivity index (χ0n) is 5.08. The third kappa shape index (κ3) is 1.59. The number of halogens is 5. The van der Waals surface area contributed by atoms with Gasteiger partial charge in [-0.25, -0.2) is 0 Å². The molecular weight excluding hydrogens is 253 g/mol. The molecule has 1 aliphatic rings. The fraction of sp³-hybridized carbons (Fsp3) is 0.800. The van der Waals surface area contributed by atoms with Crippen LogP contribution in [0.5, 0.6) is 0 Å². The lowest BCUT2D eigenvalue weighted by molar-refractivity contribution is -0.118. The maximum Gasteiger partial charge on any atom is 0.206 e. The van der Waals surface area contributed by atoms with Gasteiger partial charge in [0.25, 0.3) is 0 Å². The molecule has 0 aromatic rings. The minimum absolute atomic E-state index is 0.0729. The van der Waals surface area contributed by atoms with Gasteiger partial charge in [-0.1, -0.05) is 46.4 Å². The van der Waals surface area contributed by atoms with Crippen molar-refractivity contribution in [1.29, 1.82) is 0 Å². The third-order valence-corrected chi connectivity index (χ3v) is 3.69. The van der Waals surface area contributed by atoms with Crippen molar-refractivity contribution in [2.45, 2.75) is 20.5 Å². The molecular formula is C5H3Cl5O. The Kier molecular flexibility index (Phi) is 2.61. The summed E-state index contributed by atoms with van der Waals surface area (Å²) in [6.07, 6.45) is 0.0729. The first kappa shape index (κ1) is 10.2. The lowest BCUT2D eigenvalue weighted by Crippen LogP contribution is -2.32. The second kappa shape index (κ2) is 2.81. The number of carbonyl (C=O) groups excluding carboxylic acids is 1. The molecule has 11 heavy (non-hydrogen) atoms. The van der Waals surface area contributed by atoms with Crippen LogP contribution in [0.4, 0.5) is 0 Å². The van der Waals surface area contributed by atoms with E-state index in [9.17, 15) is 4.79 Å². The van der Waals surface area contributed by atoms with Crippen molar-refractivity contribution in [2.75, 3.05) is 0 Å². The summed E-state index contributed by atoms with van der Waals surface area (Å²) >= 11 is 27.9. The zero-order valence-corrected chi connectivity index (χ0v) is 8.86. The Morgan fingerprint density at radius 3 is 1.82 bits per heavy atom. The van der Waals surface area contributed by atoms with Crippen molar-refractivity contribution in [3.63, 3.8) is 0 Å². The maximum atomic E-state index is 11.1. The molecule has 1 saturated carbocycles. The number of Topliss-reactive ketones (excluding diaryl/α,β-unsaturated/α-hetero) is 1. The summed E-state index contributed by atoms with van der Waals surface area (Å²) in [5.74, 6) is -0.642. The summed E-state index contributed by atoms with van der Waals surface area (Å²) in [5, 5.41) is -0.728. The fourth-order valence-corrected chi connectivity index (χ4v) is 2.60. The van der Waals surface area contributed by atoms with Crippen molar-refractivity contribution < 1.29 is 4.79 Å². The van der Waals surface area contributed by atoms with Crippen LogP contribution in [0, 0.1) is 0 Å². The van der Waals surface area contributed by atoms with Crippen LogP contribution >= 0.6 is 58.0 Å². The van der Waals surface area contributed by atoms with Crippen molar-refractivity contribution >= 4 is 63.8 Å². The molecule has 0 aliphatic heterocycles. The Labute approximate surface area is 88.9 Å². The second-order valence-corrected chi connectivity index (χ2v) is 5.72. The van der Waals surface area contributed by atoms with Crippen LogP contribution in [0.3, 0.4) is 0 Å². The summed E-state index contributed by atoms with van der Waals surface area (Å²) in [4.78, 5) is 11.1. The molecule has 0 unspecified atom stereocenters. The minimum Gasteiger partial charge on any atom is -0.293 e. The van der Waals surface area contributed by atoms with Gasteiger partial charge in [-0.3, -0.25) is 4.79 Å². The highest BCUT2D eigenvalue weighted by molar-refractivity contribution is 6.72. The molecule has 6 heteroatoms. The van der Waals surface area contributed by atoms with Gasteiger partial charge < -0.3 is 0 Å². The Balaban J connectivity index is 2.99. The van der Waals surface area contributed by atoms with Gasteiger partial charge in [0.1, 0.15) is 0 Å². The highest BCUT2D eigenvalue weighted by Crippen LogP contribution is 2.50. The quantitative estimate of drug-likeness (QED) is 0.609. The molecule has 1 atom stereocenters. The Hall–Kier alpha value is 1.12. The van der Waals surface area contributed by atoms with Crippen LogP contribution in [-0.4, -0.2) is 19.8 Å². The molecule has 0 aromatic heterocycles. The average molecular weight is 256 g/mol. The van der Waals surface area contributed by atoms with Crippen molar-refractivity contribution in [1.82, 2.24) is 0 Å². The number of ketones is 1. The SMILES string of the molecule is O=C1C(Cl)(Cl)C[C@H](Cl)C1(Cl)Cl. The summed E-state index contributed by atoms with van der Waals surface area (Å²) in [7, 11) is 0. The first-order chi connectivity index (χ1) is 4.78. The van der Waals surface area contributed by atoms with E-state index in [1.165, 1.54) is 0 Å². The van der Waals surface area contributed by atoms with Crippen LogP contribution in [0.15, 0.2) is 0 Å². The Morgan fingerprint density at radius 1 is 1.27 bits per heavy atom.